The first-order chi connectivity index (χ1) is 11.7. The zero-order valence-electron chi connectivity index (χ0n) is 13.6. The molecule has 1 aliphatic rings. The van der Waals surface area contributed by atoms with Crippen LogP contribution in [0.1, 0.15) is 25.7 Å². The fourth-order valence-electron chi connectivity index (χ4n) is 2.75. The van der Waals surface area contributed by atoms with Crippen LogP contribution in [0.15, 0.2) is 28.7 Å². The molecular weight excluding hydrogens is 330 g/mol. The molecule has 2 aromatic rings. The summed E-state index contributed by atoms with van der Waals surface area (Å²) in [6, 6.07) is 7.30. The molecule has 7 heteroatoms. The molecule has 6 nitrogen and oxygen atoms in total. The fourth-order valence-corrected chi connectivity index (χ4v) is 2.97. The Balaban J connectivity index is 1.73. The van der Waals surface area contributed by atoms with Gasteiger partial charge in [-0.15, -0.1) is 10.2 Å². The molecule has 1 aromatic carbocycles. The molecule has 1 aliphatic heterocycles. The van der Waals surface area contributed by atoms with Crippen molar-refractivity contribution in [3.63, 3.8) is 0 Å². The van der Waals surface area contributed by atoms with Crippen LogP contribution >= 0.6 is 11.6 Å². The molecule has 2 heterocycles. The van der Waals surface area contributed by atoms with E-state index in [-0.39, 0.29) is 11.8 Å². The van der Waals surface area contributed by atoms with Gasteiger partial charge in [0.05, 0.1) is 29.7 Å². The summed E-state index contributed by atoms with van der Waals surface area (Å²) in [5.41, 5.74) is 0.690. The van der Waals surface area contributed by atoms with E-state index in [2.05, 4.69) is 10.2 Å². The third-order valence-corrected chi connectivity index (χ3v) is 4.31. The second kappa shape index (κ2) is 7.77. The SMILES string of the molecule is CCCN(Cc1nnc(-c2ccccc2Cl)o1)C(=O)C1CCOC1. The zero-order chi connectivity index (χ0) is 16.9. The zero-order valence-corrected chi connectivity index (χ0v) is 14.3. The number of halogens is 1. The number of benzene rings is 1. The number of carbonyl (C=O) groups excluding carboxylic acids is 1. The molecule has 0 saturated carbocycles. The van der Waals surface area contributed by atoms with Crippen LogP contribution < -0.4 is 0 Å². The Hall–Kier alpha value is -1.92. The summed E-state index contributed by atoms with van der Waals surface area (Å²) in [5, 5.41) is 8.67. The number of aromatic nitrogens is 2. The van der Waals surface area contributed by atoms with Crippen LogP contribution in [-0.4, -0.2) is 40.8 Å². The summed E-state index contributed by atoms with van der Waals surface area (Å²) in [7, 11) is 0. The second-order valence-electron chi connectivity index (χ2n) is 5.80. The lowest BCUT2D eigenvalue weighted by molar-refractivity contribution is -0.136. The quantitative estimate of drug-likeness (QED) is 0.801. The Morgan fingerprint density at radius 2 is 2.21 bits per heavy atom. The molecule has 24 heavy (non-hydrogen) atoms. The van der Waals surface area contributed by atoms with Gasteiger partial charge in [0.15, 0.2) is 0 Å². The van der Waals surface area contributed by atoms with Crippen LogP contribution in [0.4, 0.5) is 0 Å². The van der Waals surface area contributed by atoms with Gasteiger partial charge in [-0.3, -0.25) is 4.79 Å². The van der Waals surface area contributed by atoms with E-state index in [4.69, 9.17) is 20.8 Å². The highest BCUT2D eigenvalue weighted by Crippen LogP contribution is 2.26. The summed E-state index contributed by atoms with van der Waals surface area (Å²) in [4.78, 5) is 14.4. The first-order valence-electron chi connectivity index (χ1n) is 8.13. The first-order valence-corrected chi connectivity index (χ1v) is 8.50. The van der Waals surface area contributed by atoms with Gasteiger partial charge in [-0.1, -0.05) is 30.7 Å². The van der Waals surface area contributed by atoms with Gasteiger partial charge in [0.2, 0.25) is 17.7 Å². The first kappa shape index (κ1) is 16.9. The number of hydrogen-bond donors (Lipinski definition) is 0. The minimum absolute atomic E-state index is 0.0671. The minimum Gasteiger partial charge on any atom is -0.419 e. The van der Waals surface area contributed by atoms with E-state index in [0.717, 1.165) is 12.8 Å². The standard InChI is InChI=1S/C17H20ClN3O3/c1-2-8-21(17(22)12-7-9-23-11-12)10-15-19-20-16(24-15)13-5-3-4-6-14(13)18/h3-6,12H,2,7-11H2,1H3. The number of ether oxygens (including phenoxy) is 1. The molecule has 0 aliphatic carbocycles. The maximum absolute atomic E-state index is 12.6. The van der Waals surface area contributed by atoms with Crippen molar-refractivity contribution >= 4 is 17.5 Å². The van der Waals surface area contributed by atoms with Crippen molar-refractivity contribution in [3.8, 4) is 11.5 Å². The van der Waals surface area contributed by atoms with Crippen LogP contribution in [0.25, 0.3) is 11.5 Å². The van der Waals surface area contributed by atoms with Gasteiger partial charge in [0.1, 0.15) is 0 Å². The van der Waals surface area contributed by atoms with E-state index < -0.39 is 0 Å². The van der Waals surface area contributed by atoms with Crippen molar-refractivity contribution in [2.45, 2.75) is 26.3 Å². The average molecular weight is 350 g/mol. The molecule has 1 saturated heterocycles. The molecule has 1 atom stereocenters. The van der Waals surface area contributed by atoms with Crippen LogP contribution in [-0.2, 0) is 16.1 Å². The second-order valence-corrected chi connectivity index (χ2v) is 6.21. The molecule has 128 valence electrons. The smallest absolute Gasteiger partial charge is 0.249 e. The van der Waals surface area contributed by atoms with Crippen molar-refractivity contribution in [1.29, 1.82) is 0 Å². The summed E-state index contributed by atoms with van der Waals surface area (Å²) >= 11 is 6.15. The molecule has 1 fully saturated rings. The maximum Gasteiger partial charge on any atom is 0.249 e. The molecule has 0 bridgehead atoms. The van der Waals surface area contributed by atoms with Crippen LogP contribution in [0.2, 0.25) is 5.02 Å². The van der Waals surface area contributed by atoms with E-state index >= 15 is 0 Å². The Labute approximate surface area is 145 Å². The lowest BCUT2D eigenvalue weighted by Gasteiger charge is -2.23. The predicted molar refractivity (Wildman–Crippen MR) is 89.4 cm³/mol. The van der Waals surface area contributed by atoms with E-state index in [0.29, 0.717) is 48.7 Å². The largest absolute Gasteiger partial charge is 0.419 e. The van der Waals surface area contributed by atoms with Gasteiger partial charge in [0, 0.05) is 13.2 Å². The van der Waals surface area contributed by atoms with Gasteiger partial charge >= 0.3 is 0 Å². The monoisotopic (exact) mass is 349 g/mol. The Morgan fingerprint density at radius 1 is 1.38 bits per heavy atom. The number of hydrogen-bond acceptors (Lipinski definition) is 5. The van der Waals surface area contributed by atoms with E-state index in [1.807, 2.05) is 25.1 Å². The van der Waals surface area contributed by atoms with Crippen molar-refractivity contribution < 1.29 is 13.9 Å². The van der Waals surface area contributed by atoms with Crippen LogP contribution in [0, 0.1) is 5.92 Å². The number of carbonyl (C=O) groups is 1. The minimum atomic E-state index is -0.0671. The Bertz CT molecular complexity index is 698. The van der Waals surface area contributed by atoms with Crippen molar-refractivity contribution in [3.05, 3.63) is 35.2 Å². The van der Waals surface area contributed by atoms with Gasteiger partial charge in [-0.2, -0.15) is 0 Å². The van der Waals surface area contributed by atoms with E-state index in [1.165, 1.54) is 0 Å². The third-order valence-electron chi connectivity index (χ3n) is 3.98. The molecule has 1 aromatic heterocycles. The number of nitrogens with zero attached hydrogens (tertiary/aromatic N) is 3. The van der Waals surface area contributed by atoms with Gasteiger partial charge in [0.25, 0.3) is 0 Å². The highest BCUT2D eigenvalue weighted by molar-refractivity contribution is 6.33. The summed E-state index contributed by atoms with van der Waals surface area (Å²) in [6.07, 6.45) is 1.64. The van der Waals surface area contributed by atoms with E-state index in [1.54, 1.807) is 11.0 Å². The molecular formula is C17H20ClN3O3. The molecule has 1 amide bonds. The summed E-state index contributed by atoms with van der Waals surface area (Å²) in [5.74, 6) is 0.795. The maximum atomic E-state index is 12.6. The number of amides is 1. The summed E-state index contributed by atoms with van der Waals surface area (Å²) in [6.45, 7) is 4.13. The van der Waals surface area contributed by atoms with Crippen molar-refractivity contribution in [2.24, 2.45) is 5.92 Å². The Kier molecular flexibility index (Phi) is 5.48. The van der Waals surface area contributed by atoms with Crippen molar-refractivity contribution in [1.82, 2.24) is 15.1 Å². The number of rotatable bonds is 6. The highest BCUT2D eigenvalue weighted by atomic mass is 35.5. The molecule has 1 unspecified atom stereocenters. The average Bonchev–Trinajstić information content (AvgIpc) is 3.26. The topological polar surface area (TPSA) is 68.5 Å². The van der Waals surface area contributed by atoms with Gasteiger partial charge in [-0.25, -0.2) is 0 Å². The molecule has 0 spiro atoms. The molecule has 0 radical (unpaired) electrons. The summed E-state index contributed by atoms with van der Waals surface area (Å²) < 4.78 is 11.0. The van der Waals surface area contributed by atoms with Crippen molar-refractivity contribution in [2.75, 3.05) is 19.8 Å². The van der Waals surface area contributed by atoms with Gasteiger partial charge in [-0.05, 0) is 25.0 Å². The van der Waals surface area contributed by atoms with Gasteiger partial charge < -0.3 is 14.1 Å². The lowest BCUT2D eigenvalue weighted by atomic mass is 10.1. The van der Waals surface area contributed by atoms with Crippen LogP contribution in [0.3, 0.4) is 0 Å². The van der Waals surface area contributed by atoms with E-state index in [9.17, 15) is 4.79 Å². The predicted octanol–water partition coefficient (Wildman–Crippen LogP) is 3.17. The Morgan fingerprint density at radius 3 is 2.92 bits per heavy atom. The lowest BCUT2D eigenvalue weighted by Crippen LogP contribution is -2.36. The van der Waals surface area contributed by atoms with Crippen LogP contribution in [0.5, 0.6) is 0 Å². The third kappa shape index (κ3) is 3.76. The molecule has 3 rings (SSSR count). The normalized spacial score (nSPS) is 17.2. The molecule has 0 N–H and O–H groups in total. The highest BCUT2D eigenvalue weighted by Gasteiger charge is 2.28. The fraction of sp³-hybridized carbons (Fsp3) is 0.471.